The van der Waals surface area contributed by atoms with Gasteiger partial charge < -0.3 is 5.73 Å². The van der Waals surface area contributed by atoms with Gasteiger partial charge in [0.05, 0.1) is 10.8 Å². The summed E-state index contributed by atoms with van der Waals surface area (Å²) in [5, 5.41) is 0. The summed E-state index contributed by atoms with van der Waals surface area (Å²) in [7, 11) is -3.64. The highest BCUT2D eigenvalue weighted by Crippen LogP contribution is 2.20. The van der Waals surface area contributed by atoms with Crippen LogP contribution in [0.1, 0.15) is 18.4 Å². The summed E-state index contributed by atoms with van der Waals surface area (Å²) in [4.78, 5) is 11.2. The summed E-state index contributed by atoms with van der Waals surface area (Å²) >= 11 is 0. The Labute approximate surface area is 123 Å². The smallest absolute Gasteiger partial charge is 0.261 e. The van der Waals surface area contributed by atoms with Crippen LogP contribution >= 0.6 is 0 Å². The number of amides is 1. The van der Waals surface area contributed by atoms with Gasteiger partial charge in [0.1, 0.15) is 0 Å². The van der Waals surface area contributed by atoms with Gasteiger partial charge in [0, 0.05) is 5.69 Å². The van der Waals surface area contributed by atoms with Crippen LogP contribution in [0.25, 0.3) is 0 Å². The Morgan fingerprint density at radius 2 is 1.62 bits per heavy atom. The first-order valence-electron chi connectivity index (χ1n) is 6.37. The van der Waals surface area contributed by atoms with Crippen LogP contribution in [-0.2, 0) is 14.8 Å². The molecule has 0 aromatic heterocycles. The lowest BCUT2D eigenvalue weighted by Crippen LogP contribution is -2.19. The molecule has 1 unspecified atom stereocenters. The number of sulfonamides is 1. The van der Waals surface area contributed by atoms with E-state index in [2.05, 4.69) is 4.72 Å². The minimum absolute atomic E-state index is 0.131. The maximum absolute atomic E-state index is 12.2. The standard InChI is InChI=1S/C15H16N2O3S/c1-11(15(16)18)12-7-9-14(10-8-12)21(19,20)17-13-5-3-2-4-6-13/h2-11,17H,1H3,(H2,16,18). The number of hydrogen-bond donors (Lipinski definition) is 2. The molecule has 0 spiro atoms. The first-order valence-corrected chi connectivity index (χ1v) is 7.85. The van der Waals surface area contributed by atoms with Crippen LogP contribution in [0.5, 0.6) is 0 Å². The van der Waals surface area contributed by atoms with Crippen molar-refractivity contribution in [2.75, 3.05) is 4.72 Å². The summed E-state index contributed by atoms with van der Waals surface area (Å²) < 4.78 is 26.9. The van der Waals surface area contributed by atoms with Gasteiger partial charge in [-0.15, -0.1) is 0 Å². The maximum Gasteiger partial charge on any atom is 0.261 e. The van der Waals surface area contributed by atoms with Gasteiger partial charge in [-0.2, -0.15) is 0 Å². The van der Waals surface area contributed by atoms with Gasteiger partial charge in [-0.3, -0.25) is 9.52 Å². The fourth-order valence-corrected chi connectivity index (χ4v) is 2.88. The zero-order chi connectivity index (χ0) is 15.5. The lowest BCUT2D eigenvalue weighted by atomic mass is 10.0. The number of hydrogen-bond acceptors (Lipinski definition) is 3. The molecular formula is C15H16N2O3S. The highest BCUT2D eigenvalue weighted by atomic mass is 32.2. The summed E-state index contributed by atoms with van der Waals surface area (Å²) in [5.41, 5.74) is 6.40. The number of primary amides is 1. The van der Waals surface area contributed by atoms with E-state index >= 15 is 0 Å². The summed E-state index contributed by atoms with van der Waals surface area (Å²) in [6.07, 6.45) is 0. The third-order valence-corrected chi connectivity index (χ3v) is 4.54. The van der Waals surface area contributed by atoms with E-state index in [0.717, 1.165) is 0 Å². The third kappa shape index (κ3) is 3.61. The quantitative estimate of drug-likeness (QED) is 0.886. The van der Waals surface area contributed by atoms with E-state index in [4.69, 9.17) is 5.73 Å². The number of carbonyl (C=O) groups excluding carboxylic acids is 1. The largest absolute Gasteiger partial charge is 0.369 e. The number of nitrogens with two attached hydrogens (primary N) is 1. The molecule has 0 radical (unpaired) electrons. The van der Waals surface area contributed by atoms with Gasteiger partial charge >= 0.3 is 0 Å². The lowest BCUT2D eigenvalue weighted by molar-refractivity contribution is -0.119. The van der Waals surface area contributed by atoms with Gasteiger partial charge in [-0.05, 0) is 36.8 Å². The second-order valence-corrected chi connectivity index (χ2v) is 6.35. The topological polar surface area (TPSA) is 89.3 Å². The van der Waals surface area contributed by atoms with Crippen molar-refractivity contribution in [2.24, 2.45) is 5.73 Å². The minimum Gasteiger partial charge on any atom is -0.369 e. The predicted molar refractivity (Wildman–Crippen MR) is 81.3 cm³/mol. The monoisotopic (exact) mass is 304 g/mol. The molecule has 0 heterocycles. The van der Waals surface area contributed by atoms with Crippen molar-refractivity contribution in [3.63, 3.8) is 0 Å². The number of benzene rings is 2. The number of para-hydroxylation sites is 1. The fourth-order valence-electron chi connectivity index (χ4n) is 1.82. The van der Waals surface area contributed by atoms with Crippen molar-refractivity contribution in [1.82, 2.24) is 0 Å². The molecule has 0 aliphatic rings. The number of anilines is 1. The van der Waals surface area contributed by atoms with Crippen LogP contribution in [0.3, 0.4) is 0 Å². The normalized spacial score (nSPS) is 12.6. The summed E-state index contributed by atoms with van der Waals surface area (Å²) in [6.45, 7) is 1.67. The molecule has 3 N–H and O–H groups in total. The van der Waals surface area contributed by atoms with Crippen molar-refractivity contribution in [1.29, 1.82) is 0 Å². The molecule has 21 heavy (non-hydrogen) atoms. The van der Waals surface area contributed by atoms with Crippen molar-refractivity contribution in [2.45, 2.75) is 17.7 Å². The van der Waals surface area contributed by atoms with E-state index < -0.39 is 21.8 Å². The second-order valence-electron chi connectivity index (χ2n) is 4.66. The van der Waals surface area contributed by atoms with E-state index in [1.807, 2.05) is 0 Å². The highest BCUT2D eigenvalue weighted by Gasteiger charge is 2.16. The van der Waals surface area contributed by atoms with Crippen molar-refractivity contribution in [3.8, 4) is 0 Å². The Bertz CT molecular complexity index is 725. The summed E-state index contributed by atoms with van der Waals surface area (Å²) in [5.74, 6) is -0.906. The van der Waals surface area contributed by atoms with Crippen LogP contribution < -0.4 is 10.5 Å². The molecule has 0 aliphatic heterocycles. The van der Waals surface area contributed by atoms with Gasteiger partial charge in [0.2, 0.25) is 5.91 Å². The number of carbonyl (C=O) groups is 1. The fraction of sp³-hybridized carbons (Fsp3) is 0.133. The summed E-state index contributed by atoms with van der Waals surface area (Å²) in [6, 6.07) is 14.7. The Balaban J connectivity index is 2.23. The molecule has 2 aromatic carbocycles. The van der Waals surface area contributed by atoms with Gasteiger partial charge in [-0.1, -0.05) is 30.3 Å². The number of nitrogens with one attached hydrogen (secondary N) is 1. The van der Waals surface area contributed by atoms with E-state index in [9.17, 15) is 13.2 Å². The second kappa shape index (κ2) is 5.97. The molecule has 0 fully saturated rings. The van der Waals surface area contributed by atoms with Crippen LogP contribution in [0.4, 0.5) is 5.69 Å². The third-order valence-electron chi connectivity index (χ3n) is 3.14. The SMILES string of the molecule is CC(C(N)=O)c1ccc(S(=O)(=O)Nc2ccccc2)cc1. The molecule has 0 saturated heterocycles. The predicted octanol–water partition coefficient (Wildman–Crippen LogP) is 2.08. The Morgan fingerprint density at radius 1 is 1.05 bits per heavy atom. The van der Waals surface area contributed by atoms with Crippen molar-refractivity contribution >= 4 is 21.6 Å². The van der Waals surface area contributed by atoms with E-state index in [1.165, 1.54) is 12.1 Å². The first-order chi connectivity index (χ1) is 9.90. The molecule has 5 nitrogen and oxygen atoms in total. The molecule has 6 heteroatoms. The molecule has 0 bridgehead atoms. The average molecular weight is 304 g/mol. The highest BCUT2D eigenvalue weighted by molar-refractivity contribution is 7.92. The Hall–Kier alpha value is -2.34. The molecule has 2 aromatic rings. The minimum atomic E-state index is -3.64. The first kappa shape index (κ1) is 15.1. The molecular weight excluding hydrogens is 288 g/mol. The molecule has 110 valence electrons. The van der Waals surface area contributed by atoms with Crippen molar-refractivity contribution < 1.29 is 13.2 Å². The maximum atomic E-state index is 12.2. The number of rotatable bonds is 5. The van der Waals surface area contributed by atoms with Crippen LogP contribution in [0, 0.1) is 0 Å². The zero-order valence-corrected chi connectivity index (χ0v) is 12.3. The molecule has 0 saturated carbocycles. The van der Waals surface area contributed by atoms with E-state index in [-0.39, 0.29) is 4.90 Å². The average Bonchev–Trinajstić information content (AvgIpc) is 2.47. The van der Waals surface area contributed by atoms with Crippen LogP contribution in [0.15, 0.2) is 59.5 Å². The zero-order valence-electron chi connectivity index (χ0n) is 11.5. The van der Waals surface area contributed by atoms with Crippen LogP contribution in [0.2, 0.25) is 0 Å². The molecule has 2 rings (SSSR count). The Morgan fingerprint density at radius 3 is 2.14 bits per heavy atom. The lowest BCUT2D eigenvalue weighted by Gasteiger charge is -2.10. The van der Waals surface area contributed by atoms with E-state index in [0.29, 0.717) is 11.3 Å². The molecule has 0 aliphatic carbocycles. The van der Waals surface area contributed by atoms with Crippen molar-refractivity contribution in [3.05, 3.63) is 60.2 Å². The van der Waals surface area contributed by atoms with Gasteiger partial charge in [0.15, 0.2) is 0 Å². The Kier molecular flexibility index (Phi) is 4.28. The van der Waals surface area contributed by atoms with Crippen LogP contribution in [-0.4, -0.2) is 14.3 Å². The van der Waals surface area contributed by atoms with E-state index in [1.54, 1.807) is 49.4 Å². The van der Waals surface area contributed by atoms with Gasteiger partial charge in [0.25, 0.3) is 10.0 Å². The molecule has 1 amide bonds. The molecule has 1 atom stereocenters. The van der Waals surface area contributed by atoms with Gasteiger partial charge in [-0.25, -0.2) is 8.42 Å².